The summed E-state index contributed by atoms with van der Waals surface area (Å²) < 4.78 is 10.4. The van der Waals surface area contributed by atoms with Gasteiger partial charge in [-0.3, -0.25) is 0 Å². The first-order valence-electron chi connectivity index (χ1n) is 7.99. The predicted octanol–water partition coefficient (Wildman–Crippen LogP) is 3.56. The highest BCUT2D eigenvalue weighted by molar-refractivity contribution is 5.89. The number of urea groups is 1. The van der Waals surface area contributed by atoms with E-state index in [4.69, 9.17) is 9.47 Å². The van der Waals surface area contributed by atoms with Gasteiger partial charge in [0.1, 0.15) is 11.5 Å². The molecule has 2 N–H and O–H groups in total. The number of carbonyl (C=O) groups is 1. The lowest BCUT2D eigenvalue weighted by Crippen LogP contribution is -2.35. The van der Waals surface area contributed by atoms with Gasteiger partial charge in [0.15, 0.2) is 0 Å². The highest BCUT2D eigenvalue weighted by Gasteiger charge is 2.44. The fraction of sp³-hybridized carbons (Fsp3) is 0.316. The maximum atomic E-state index is 12.2. The van der Waals surface area contributed by atoms with Crippen molar-refractivity contribution in [2.24, 2.45) is 0 Å². The second-order valence-corrected chi connectivity index (χ2v) is 6.06. The molecule has 0 atom stereocenters. The van der Waals surface area contributed by atoms with Gasteiger partial charge in [-0.2, -0.15) is 0 Å². The number of rotatable bonds is 6. The number of ether oxygens (including phenoxy) is 2. The third kappa shape index (κ3) is 3.62. The third-order valence-electron chi connectivity index (χ3n) is 4.44. The second kappa shape index (κ2) is 6.83. The molecule has 1 saturated carbocycles. The van der Waals surface area contributed by atoms with Crippen molar-refractivity contribution in [3.05, 3.63) is 54.1 Å². The van der Waals surface area contributed by atoms with Crippen LogP contribution in [0.15, 0.2) is 48.5 Å². The summed E-state index contributed by atoms with van der Waals surface area (Å²) in [6.45, 7) is 0.629. The first-order valence-corrected chi connectivity index (χ1v) is 7.99. The van der Waals surface area contributed by atoms with Crippen LogP contribution in [0.1, 0.15) is 18.4 Å². The zero-order chi connectivity index (χ0) is 17.0. The minimum absolute atomic E-state index is 0.0880. The maximum absolute atomic E-state index is 12.2. The number of hydrogen-bond donors (Lipinski definition) is 2. The molecule has 0 spiro atoms. The second-order valence-electron chi connectivity index (χ2n) is 6.06. The SMILES string of the molecule is COc1cc(NC(=O)NCC2(c3ccccc3)CC2)cc(OC)c1. The molecule has 1 fully saturated rings. The van der Waals surface area contributed by atoms with E-state index in [1.807, 2.05) is 18.2 Å². The lowest BCUT2D eigenvalue weighted by atomic mass is 9.96. The van der Waals surface area contributed by atoms with Crippen molar-refractivity contribution in [1.29, 1.82) is 0 Å². The maximum Gasteiger partial charge on any atom is 0.319 e. The third-order valence-corrected chi connectivity index (χ3v) is 4.44. The monoisotopic (exact) mass is 326 g/mol. The van der Waals surface area contributed by atoms with Gasteiger partial charge in [-0.15, -0.1) is 0 Å². The summed E-state index contributed by atoms with van der Waals surface area (Å²) in [7, 11) is 3.16. The Morgan fingerprint density at radius 3 is 2.21 bits per heavy atom. The number of anilines is 1. The quantitative estimate of drug-likeness (QED) is 0.853. The zero-order valence-corrected chi connectivity index (χ0v) is 14.0. The predicted molar refractivity (Wildman–Crippen MR) is 93.9 cm³/mol. The molecule has 0 radical (unpaired) electrons. The smallest absolute Gasteiger partial charge is 0.319 e. The summed E-state index contributed by atoms with van der Waals surface area (Å²) in [4.78, 5) is 12.2. The largest absolute Gasteiger partial charge is 0.497 e. The molecular formula is C19H22N2O3. The van der Waals surface area contributed by atoms with Crippen LogP contribution < -0.4 is 20.1 Å². The van der Waals surface area contributed by atoms with E-state index in [0.29, 0.717) is 23.7 Å². The molecule has 0 bridgehead atoms. The highest BCUT2D eigenvalue weighted by atomic mass is 16.5. The van der Waals surface area contributed by atoms with Gasteiger partial charge in [0.2, 0.25) is 0 Å². The number of nitrogens with one attached hydrogen (secondary N) is 2. The van der Waals surface area contributed by atoms with E-state index in [2.05, 4.69) is 22.8 Å². The summed E-state index contributed by atoms with van der Waals surface area (Å²) in [5, 5.41) is 5.81. The molecule has 2 amide bonds. The van der Waals surface area contributed by atoms with Crippen molar-refractivity contribution < 1.29 is 14.3 Å². The summed E-state index contributed by atoms with van der Waals surface area (Å²) in [5.74, 6) is 1.26. The lowest BCUT2D eigenvalue weighted by Gasteiger charge is -2.17. The van der Waals surface area contributed by atoms with Crippen molar-refractivity contribution in [1.82, 2.24) is 5.32 Å². The van der Waals surface area contributed by atoms with Gasteiger partial charge >= 0.3 is 6.03 Å². The van der Waals surface area contributed by atoms with E-state index in [-0.39, 0.29) is 11.4 Å². The molecule has 1 aliphatic rings. The van der Waals surface area contributed by atoms with Crippen LogP contribution in [0.3, 0.4) is 0 Å². The zero-order valence-electron chi connectivity index (χ0n) is 14.0. The summed E-state index contributed by atoms with van der Waals surface area (Å²) in [5.41, 5.74) is 2.01. The minimum Gasteiger partial charge on any atom is -0.497 e. The molecule has 2 aromatic rings. The van der Waals surface area contributed by atoms with Gasteiger partial charge in [-0.05, 0) is 18.4 Å². The van der Waals surface area contributed by atoms with E-state index < -0.39 is 0 Å². The highest BCUT2D eigenvalue weighted by Crippen LogP contribution is 2.47. The van der Waals surface area contributed by atoms with Crippen LogP contribution in [0, 0.1) is 0 Å². The molecule has 0 saturated heterocycles. The van der Waals surface area contributed by atoms with Crippen molar-refractivity contribution in [3.8, 4) is 11.5 Å². The molecule has 0 unspecified atom stereocenters. The van der Waals surface area contributed by atoms with E-state index in [0.717, 1.165) is 12.8 Å². The Bertz CT molecular complexity index is 690. The fourth-order valence-electron chi connectivity index (χ4n) is 2.81. The lowest BCUT2D eigenvalue weighted by molar-refractivity contribution is 0.251. The topological polar surface area (TPSA) is 59.6 Å². The van der Waals surface area contributed by atoms with Crippen molar-refractivity contribution in [3.63, 3.8) is 0 Å². The Labute approximate surface area is 142 Å². The van der Waals surface area contributed by atoms with Crippen LogP contribution >= 0.6 is 0 Å². The number of methoxy groups -OCH3 is 2. The molecule has 24 heavy (non-hydrogen) atoms. The normalized spacial score (nSPS) is 14.6. The van der Waals surface area contributed by atoms with Crippen LogP contribution in [-0.2, 0) is 5.41 Å². The van der Waals surface area contributed by atoms with Gasteiger partial charge in [0, 0.05) is 35.8 Å². The van der Waals surface area contributed by atoms with E-state index in [9.17, 15) is 4.79 Å². The average molecular weight is 326 g/mol. The number of carbonyl (C=O) groups excluding carboxylic acids is 1. The molecule has 126 valence electrons. The first kappa shape index (κ1) is 16.2. The van der Waals surface area contributed by atoms with Gasteiger partial charge in [0.05, 0.1) is 14.2 Å². The fourth-order valence-corrected chi connectivity index (χ4v) is 2.81. The minimum atomic E-state index is -0.229. The Morgan fingerprint density at radius 1 is 1.04 bits per heavy atom. The molecule has 2 aromatic carbocycles. The van der Waals surface area contributed by atoms with E-state index in [1.165, 1.54) is 5.56 Å². The van der Waals surface area contributed by atoms with Crippen molar-refractivity contribution in [2.75, 3.05) is 26.1 Å². The molecular weight excluding hydrogens is 304 g/mol. The van der Waals surface area contributed by atoms with Crippen LogP contribution in [0.25, 0.3) is 0 Å². The number of benzene rings is 2. The van der Waals surface area contributed by atoms with Crippen LogP contribution in [0.2, 0.25) is 0 Å². The number of amides is 2. The molecule has 5 heteroatoms. The molecule has 0 aromatic heterocycles. The molecule has 0 heterocycles. The Morgan fingerprint density at radius 2 is 1.67 bits per heavy atom. The molecule has 5 nitrogen and oxygen atoms in total. The summed E-state index contributed by atoms with van der Waals surface area (Å²) in [6, 6.07) is 15.4. The Balaban J connectivity index is 1.60. The standard InChI is InChI=1S/C19H22N2O3/c1-23-16-10-15(11-17(12-16)24-2)21-18(22)20-13-19(8-9-19)14-6-4-3-5-7-14/h3-7,10-12H,8-9,13H2,1-2H3,(H2,20,21,22). The van der Waals surface area contributed by atoms with E-state index in [1.54, 1.807) is 32.4 Å². The van der Waals surface area contributed by atoms with Crippen LogP contribution in [-0.4, -0.2) is 26.8 Å². The Kier molecular flexibility index (Phi) is 4.60. The van der Waals surface area contributed by atoms with Crippen LogP contribution in [0.5, 0.6) is 11.5 Å². The average Bonchev–Trinajstić information content (AvgIpc) is 3.41. The molecule has 3 rings (SSSR count). The first-order chi connectivity index (χ1) is 11.6. The van der Waals surface area contributed by atoms with Crippen molar-refractivity contribution >= 4 is 11.7 Å². The molecule has 0 aliphatic heterocycles. The summed E-state index contributed by atoms with van der Waals surface area (Å²) >= 11 is 0. The van der Waals surface area contributed by atoms with Gasteiger partial charge in [-0.25, -0.2) is 4.79 Å². The van der Waals surface area contributed by atoms with E-state index >= 15 is 0 Å². The van der Waals surface area contributed by atoms with Gasteiger partial charge in [0.25, 0.3) is 0 Å². The summed E-state index contributed by atoms with van der Waals surface area (Å²) in [6.07, 6.45) is 2.20. The molecule has 1 aliphatic carbocycles. The van der Waals surface area contributed by atoms with Crippen LogP contribution in [0.4, 0.5) is 10.5 Å². The van der Waals surface area contributed by atoms with Crippen molar-refractivity contribution in [2.45, 2.75) is 18.3 Å². The van der Waals surface area contributed by atoms with Gasteiger partial charge in [-0.1, -0.05) is 30.3 Å². The van der Waals surface area contributed by atoms with Gasteiger partial charge < -0.3 is 20.1 Å². The number of hydrogen-bond acceptors (Lipinski definition) is 3. The Hall–Kier alpha value is -2.69.